The second kappa shape index (κ2) is 9.77. The third-order valence-corrected chi connectivity index (χ3v) is 4.74. The van der Waals surface area contributed by atoms with Crippen LogP contribution in [0.15, 0.2) is 24.3 Å². The third kappa shape index (κ3) is 6.60. The Morgan fingerprint density at radius 2 is 1.59 bits per heavy atom. The fourth-order valence-corrected chi connectivity index (χ4v) is 3.07. The largest absolute Gasteiger partial charge is 1.00 e. The van der Waals surface area contributed by atoms with Crippen LogP contribution in [0, 0.1) is 0 Å². The molecule has 1 fully saturated rings. The van der Waals surface area contributed by atoms with E-state index in [0.29, 0.717) is 32.7 Å². The molecule has 0 bridgehead atoms. The van der Waals surface area contributed by atoms with Gasteiger partial charge < -0.3 is 4.70 Å². The summed E-state index contributed by atoms with van der Waals surface area (Å²) >= 11 is 0. The number of rotatable bonds is 4. The summed E-state index contributed by atoms with van der Waals surface area (Å²) in [6.45, 7) is 2.93. The average molecular weight is 360 g/mol. The molecule has 118 valence electrons. The van der Waals surface area contributed by atoms with Gasteiger partial charge in [0.1, 0.15) is 0 Å². The van der Waals surface area contributed by atoms with Crippen molar-refractivity contribution in [1.82, 2.24) is 9.21 Å². The van der Waals surface area contributed by atoms with Crippen molar-refractivity contribution < 1.29 is 73.1 Å². The molecular weight excluding hydrogens is 343 g/mol. The van der Waals surface area contributed by atoms with Gasteiger partial charge in [-0.3, -0.25) is 13.5 Å². The van der Waals surface area contributed by atoms with Crippen molar-refractivity contribution >= 4 is 22.8 Å². The molecule has 0 saturated carbocycles. The second-order valence-electron chi connectivity index (χ2n) is 4.98. The van der Waals surface area contributed by atoms with E-state index in [4.69, 9.17) is 0 Å². The molecule has 2 rings (SSSR count). The van der Waals surface area contributed by atoms with Gasteiger partial charge in [-0.2, -0.15) is 4.31 Å². The summed E-state index contributed by atoms with van der Waals surface area (Å²) in [6, 6.07) is 6.27. The van der Waals surface area contributed by atoms with Crippen molar-refractivity contribution in [3.8, 4) is 0 Å². The minimum absolute atomic E-state index is 0. The van der Waals surface area contributed by atoms with Gasteiger partial charge in [-0.1, -0.05) is 24.3 Å². The summed E-state index contributed by atoms with van der Waals surface area (Å²) in [5, 5.41) is 0. The molecule has 22 heavy (non-hydrogen) atoms. The first kappa shape index (κ1) is 22.6. The van der Waals surface area contributed by atoms with Gasteiger partial charge in [-0.25, -0.2) is 8.42 Å². The van der Waals surface area contributed by atoms with Crippen LogP contribution in [0.4, 0.5) is 8.63 Å². The monoisotopic (exact) mass is 360 g/mol. The Kier molecular flexibility index (Phi) is 10.0. The molecule has 4 nitrogen and oxygen atoms in total. The van der Waals surface area contributed by atoms with E-state index >= 15 is 0 Å². The quantitative estimate of drug-likeness (QED) is 0.503. The topological polar surface area (TPSA) is 40.6 Å². The molecule has 0 N–H and O–H groups in total. The number of hydrogen-bond donors (Lipinski definition) is 0. The Bertz CT molecular complexity index is 552. The standard InChI is InChI=1S/C12H17BF2N2O2S.FH.K/c1-20(18,19)17-8-6-16(7-9-17)10-11-2-4-12(5-3-11)13(14)15;;/h2-5H,6-10H2,1H3;1H;/q;;+1/p-1. The van der Waals surface area contributed by atoms with Crippen LogP contribution in [-0.2, 0) is 16.6 Å². The normalized spacial score (nSPS) is 16.5. The van der Waals surface area contributed by atoms with Crippen molar-refractivity contribution in [1.29, 1.82) is 0 Å². The predicted molar refractivity (Wildman–Crippen MR) is 75.7 cm³/mol. The Morgan fingerprint density at radius 1 is 1.09 bits per heavy atom. The summed E-state index contributed by atoms with van der Waals surface area (Å²) in [6.07, 6.45) is 1.21. The van der Waals surface area contributed by atoms with E-state index in [1.165, 1.54) is 22.7 Å². The Labute approximate surface area is 172 Å². The minimum atomic E-state index is -3.11. The molecule has 0 aromatic heterocycles. The van der Waals surface area contributed by atoms with Gasteiger partial charge in [0.25, 0.3) is 0 Å². The van der Waals surface area contributed by atoms with Crippen LogP contribution in [0.3, 0.4) is 0 Å². The number of nitrogens with zero attached hydrogens (tertiary/aromatic N) is 2. The first-order chi connectivity index (χ1) is 9.36. The Morgan fingerprint density at radius 3 is 2.00 bits per heavy atom. The van der Waals surface area contributed by atoms with Crippen LogP contribution >= 0.6 is 0 Å². The number of piperazine rings is 1. The predicted octanol–water partition coefficient (Wildman–Crippen LogP) is -5.59. The van der Waals surface area contributed by atoms with Gasteiger partial charge in [-0.15, -0.1) is 0 Å². The zero-order valence-corrected chi connectivity index (χ0v) is 16.6. The SMILES string of the molecule is CS(=O)(=O)N1CCN(Cc2ccc(B(F)F)cc2)CC1.[F-].[K+]. The number of halogens is 3. The van der Waals surface area contributed by atoms with E-state index in [0.717, 1.165) is 5.56 Å². The summed E-state index contributed by atoms with van der Waals surface area (Å²) < 4.78 is 49.1. The van der Waals surface area contributed by atoms with Crippen molar-refractivity contribution in [2.45, 2.75) is 6.54 Å². The smallest absolute Gasteiger partial charge is 1.00 e. The zero-order valence-electron chi connectivity index (χ0n) is 12.7. The molecule has 1 heterocycles. The second-order valence-corrected chi connectivity index (χ2v) is 6.96. The molecule has 0 radical (unpaired) electrons. The van der Waals surface area contributed by atoms with Crippen LogP contribution in [0.5, 0.6) is 0 Å². The van der Waals surface area contributed by atoms with Gasteiger partial charge in [-0.05, 0) is 11.0 Å². The van der Waals surface area contributed by atoms with Crippen molar-refractivity contribution in [3.63, 3.8) is 0 Å². The molecule has 1 aromatic carbocycles. The fraction of sp³-hybridized carbons (Fsp3) is 0.500. The molecule has 1 aromatic rings. The molecule has 1 saturated heterocycles. The van der Waals surface area contributed by atoms with Crippen LogP contribution in [0.1, 0.15) is 5.56 Å². The van der Waals surface area contributed by atoms with E-state index in [2.05, 4.69) is 4.90 Å². The van der Waals surface area contributed by atoms with Gasteiger partial charge in [0.2, 0.25) is 10.0 Å². The Hall–Kier alpha value is 0.581. The average Bonchev–Trinajstić information content (AvgIpc) is 2.39. The van der Waals surface area contributed by atoms with Crippen molar-refractivity contribution in [3.05, 3.63) is 29.8 Å². The van der Waals surface area contributed by atoms with E-state index < -0.39 is 17.3 Å². The van der Waals surface area contributed by atoms with Crippen LogP contribution in [0.25, 0.3) is 0 Å². The van der Waals surface area contributed by atoms with E-state index in [1.54, 1.807) is 12.1 Å². The summed E-state index contributed by atoms with van der Waals surface area (Å²) in [7, 11) is -5.56. The molecule has 0 amide bonds. The summed E-state index contributed by atoms with van der Waals surface area (Å²) in [5.41, 5.74) is 0.984. The molecular formula is C12H17BF3KN2O2S. The minimum Gasteiger partial charge on any atom is -1.00 e. The van der Waals surface area contributed by atoms with Crippen molar-refractivity contribution in [2.24, 2.45) is 0 Å². The number of benzene rings is 1. The van der Waals surface area contributed by atoms with Crippen molar-refractivity contribution in [2.75, 3.05) is 32.4 Å². The molecule has 0 atom stereocenters. The fourth-order valence-electron chi connectivity index (χ4n) is 2.25. The van der Waals surface area contributed by atoms with Gasteiger partial charge in [0.15, 0.2) is 0 Å². The number of sulfonamides is 1. The summed E-state index contributed by atoms with van der Waals surface area (Å²) in [5.74, 6) is 0. The molecule has 1 aliphatic heterocycles. The zero-order chi connectivity index (χ0) is 14.8. The van der Waals surface area contributed by atoms with E-state index in [-0.39, 0.29) is 61.6 Å². The molecule has 10 heteroatoms. The van der Waals surface area contributed by atoms with Crippen LogP contribution in [0.2, 0.25) is 0 Å². The summed E-state index contributed by atoms with van der Waals surface area (Å²) in [4.78, 5) is 2.12. The van der Waals surface area contributed by atoms with Gasteiger partial charge >= 0.3 is 58.7 Å². The number of hydrogen-bond acceptors (Lipinski definition) is 3. The van der Waals surface area contributed by atoms with Crippen LogP contribution < -0.4 is 61.6 Å². The van der Waals surface area contributed by atoms with Crippen LogP contribution in [-0.4, -0.2) is 57.3 Å². The third-order valence-electron chi connectivity index (χ3n) is 3.44. The van der Waals surface area contributed by atoms with E-state index in [9.17, 15) is 17.0 Å². The first-order valence-electron chi connectivity index (χ1n) is 6.41. The molecule has 1 aliphatic rings. The molecule has 0 spiro atoms. The Balaban J connectivity index is 0.00000220. The molecule has 0 unspecified atom stereocenters. The van der Waals surface area contributed by atoms with E-state index in [1.807, 2.05) is 0 Å². The maximum atomic E-state index is 12.4. The maximum Gasteiger partial charge on any atom is 1.00 e. The maximum absolute atomic E-state index is 12.4. The van der Waals surface area contributed by atoms with Gasteiger partial charge in [0, 0.05) is 32.7 Å². The first-order valence-corrected chi connectivity index (χ1v) is 8.25. The van der Waals surface area contributed by atoms with Gasteiger partial charge in [0.05, 0.1) is 6.26 Å². The molecule has 0 aliphatic carbocycles.